The van der Waals surface area contributed by atoms with Gasteiger partial charge in [0.25, 0.3) is 0 Å². The second kappa shape index (κ2) is 38.8. The van der Waals surface area contributed by atoms with Crippen LogP contribution in [0.4, 0.5) is 0 Å². The number of aliphatic hydroxyl groups excluding tert-OH is 2. The molecule has 4 nitrogen and oxygen atoms in total. The first-order chi connectivity index (χ1) is 23.2. The highest BCUT2D eigenvalue weighted by Gasteiger charge is 2.17. The van der Waals surface area contributed by atoms with Crippen LogP contribution in [0.25, 0.3) is 0 Å². The molecule has 2 unspecified atom stereocenters. The van der Waals surface area contributed by atoms with Crippen LogP contribution in [0.1, 0.15) is 200 Å². The number of hydrogen-bond acceptors (Lipinski definition) is 3. The highest BCUT2D eigenvalue weighted by atomic mass is 16.3. The van der Waals surface area contributed by atoms with E-state index in [0.717, 1.165) is 38.5 Å². The quantitative estimate of drug-likeness (QED) is 0.0464. The number of hydrogen-bond donors (Lipinski definition) is 3. The molecule has 0 fully saturated rings. The van der Waals surface area contributed by atoms with Crippen molar-refractivity contribution in [3.05, 3.63) is 48.6 Å². The van der Waals surface area contributed by atoms with Crippen molar-refractivity contribution >= 4 is 5.91 Å². The lowest BCUT2D eigenvalue weighted by molar-refractivity contribution is -0.123. The van der Waals surface area contributed by atoms with E-state index in [1.165, 1.54) is 141 Å². The van der Waals surface area contributed by atoms with E-state index in [9.17, 15) is 15.0 Å². The van der Waals surface area contributed by atoms with Crippen LogP contribution in [0.15, 0.2) is 48.6 Å². The van der Waals surface area contributed by atoms with Gasteiger partial charge in [0.15, 0.2) is 0 Å². The minimum absolute atomic E-state index is 0.0836. The number of allylic oxidation sites excluding steroid dienone is 7. The molecule has 0 bridgehead atoms. The van der Waals surface area contributed by atoms with E-state index >= 15 is 0 Å². The van der Waals surface area contributed by atoms with Crippen LogP contribution >= 0.6 is 0 Å². The molecule has 0 aromatic rings. The Morgan fingerprint density at radius 1 is 0.532 bits per heavy atom. The van der Waals surface area contributed by atoms with Gasteiger partial charge in [0.1, 0.15) is 0 Å². The lowest BCUT2D eigenvalue weighted by Crippen LogP contribution is -2.45. The van der Waals surface area contributed by atoms with Crippen molar-refractivity contribution in [1.82, 2.24) is 5.32 Å². The molecular weight excluding hydrogens is 578 g/mol. The van der Waals surface area contributed by atoms with Crippen LogP contribution in [0.5, 0.6) is 0 Å². The molecule has 1 amide bonds. The molecule has 2 atom stereocenters. The number of amides is 1. The summed E-state index contributed by atoms with van der Waals surface area (Å²) in [6.07, 6.45) is 52.4. The van der Waals surface area contributed by atoms with Crippen molar-refractivity contribution < 1.29 is 15.0 Å². The molecular formula is C43H79NO3. The number of carbonyl (C=O) groups is 1. The summed E-state index contributed by atoms with van der Waals surface area (Å²) in [5.41, 5.74) is 0. The summed E-state index contributed by atoms with van der Waals surface area (Å²) in [5, 5.41) is 22.8. The Balaban J connectivity index is 3.50. The lowest BCUT2D eigenvalue weighted by Gasteiger charge is -2.19. The third kappa shape index (κ3) is 35.5. The minimum Gasteiger partial charge on any atom is -0.394 e. The van der Waals surface area contributed by atoms with Crippen molar-refractivity contribution in [3.8, 4) is 0 Å². The van der Waals surface area contributed by atoms with Crippen LogP contribution in [0.3, 0.4) is 0 Å². The molecule has 0 aliphatic rings. The van der Waals surface area contributed by atoms with Gasteiger partial charge in [-0.15, -0.1) is 0 Å². The molecule has 0 spiro atoms. The van der Waals surface area contributed by atoms with Crippen LogP contribution < -0.4 is 5.32 Å². The number of unbranched alkanes of at least 4 members (excludes halogenated alkanes) is 24. The summed E-state index contributed by atoms with van der Waals surface area (Å²) in [4.78, 5) is 12.3. The Hall–Kier alpha value is -1.65. The van der Waals surface area contributed by atoms with Gasteiger partial charge in [0.05, 0.1) is 18.8 Å². The fourth-order valence-corrected chi connectivity index (χ4v) is 5.98. The smallest absolute Gasteiger partial charge is 0.220 e. The minimum atomic E-state index is -0.868. The Morgan fingerprint density at radius 3 is 1.36 bits per heavy atom. The zero-order valence-electron chi connectivity index (χ0n) is 31.3. The number of rotatable bonds is 36. The fourth-order valence-electron chi connectivity index (χ4n) is 5.98. The van der Waals surface area contributed by atoms with Crippen molar-refractivity contribution in [3.63, 3.8) is 0 Å². The Bertz CT molecular complexity index is 756. The van der Waals surface area contributed by atoms with E-state index in [2.05, 4.69) is 48.7 Å². The molecule has 0 aliphatic heterocycles. The van der Waals surface area contributed by atoms with Gasteiger partial charge in [-0.1, -0.05) is 178 Å². The predicted octanol–water partition coefficient (Wildman–Crippen LogP) is 12.4. The van der Waals surface area contributed by atoms with E-state index in [1.807, 2.05) is 13.0 Å². The monoisotopic (exact) mass is 658 g/mol. The van der Waals surface area contributed by atoms with Gasteiger partial charge in [-0.25, -0.2) is 0 Å². The number of carbonyl (C=O) groups excluding carboxylic acids is 1. The van der Waals surface area contributed by atoms with E-state index < -0.39 is 12.1 Å². The molecule has 0 aliphatic carbocycles. The number of nitrogens with one attached hydrogen (secondary N) is 1. The molecule has 274 valence electrons. The number of aliphatic hydroxyl groups is 2. The average molecular weight is 658 g/mol. The van der Waals surface area contributed by atoms with E-state index in [-0.39, 0.29) is 12.5 Å². The van der Waals surface area contributed by atoms with E-state index in [4.69, 9.17) is 0 Å². The SMILES string of the molecule is C/C=C/CC/C=C/CC/C=C/C(O)C(CO)NC(=O)CCCCCCCCCCCC/C=C\CCCCCCCCCCCCCC. The van der Waals surface area contributed by atoms with Gasteiger partial charge in [-0.2, -0.15) is 0 Å². The molecule has 4 heteroatoms. The van der Waals surface area contributed by atoms with Crippen LogP contribution in [0, 0.1) is 0 Å². The molecule has 0 aromatic carbocycles. The second-order valence-corrected chi connectivity index (χ2v) is 13.7. The van der Waals surface area contributed by atoms with Crippen LogP contribution in [-0.2, 0) is 4.79 Å². The summed E-state index contributed by atoms with van der Waals surface area (Å²) >= 11 is 0. The Kier molecular flexibility index (Phi) is 37.4. The zero-order chi connectivity index (χ0) is 34.3. The van der Waals surface area contributed by atoms with Gasteiger partial charge in [0, 0.05) is 6.42 Å². The van der Waals surface area contributed by atoms with Gasteiger partial charge in [-0.3, -0.25) is 4.79 Å². The zero-order valence-corrected chi connectivity index (χ0v) is 31.3. The average Bonchev–Trinajstić information content (AvgIpc) is 3.07. The summed E-state index contributed by atoms with van der Waals surface area (Å²) in [5.74, 6) is -0.0836. The maximum Gasteiger partial charge on any atom is 0.220 e. The third-order valence-electron chi connectivity index (χ3n) is 9.11. The summed E-state index contributed by atoms with van der Waals surface area (Å²) in [7, 11) is 0. The highest BCUT2D eigenvalue weighted by molar-refractivity contribution is 5.76. The fraction of sp³-hybridized carbons (Fsp3) is 0.791. The normalized spacial score (nSPS) is 13.5. The van der Waals surface area contributed by atoms with Gasteiger partial charge < -0.3 is 15.5 Å². The Labute approximate surface area is 293 Å². The molecule has 47 heavy (non-hydrogen) atoms. The highest BCUT2D eigenvalue weighted by Crippen LogP contribution is 2.14. The standard InChI is InChI=1S/C43H79NO3/c1-3-5-7-9-11-13-14-15-16-17-18-19-20-21-22-23-24-25-26-27-28-29-31-33-35-37-39-43(47)44-41(40-45)42(46)38-36-34-32-30-12-10-8-6-4-2/h4,6,12,21-22,30,36,38,41-42,45-46H,3,5,7-11,13-20,23-29,31-35,37,39-40H2,1-2H3,(H,44,47)/b6-4+,22-21-,30-12+,38-36+. The third-order valence-corrected chi connectivity index (χ3v) is 9.11. The summed E-state index contributed by atoms with van der Waals surface area (Å²) < 4.78 is 0. The lowest BCUT2D eigenvalue weighted by atomic mass is 10.0. The van der Waals surface area contributed by atoms with Gasteiger partial charge in [0.2, 0.25) is 5.91 Å². The molecule has 0 aromatic heterocycles. The first-order valence-corrected chi connectivity index (χ1v) is 20.3. The Morgan fingerprint density at radius 2 is 0.915 bits per heavy atom. The molecule has 0 heterocycles. The van der Waals surface area contributed by atoms with Crippen molar-refractivity contribution in [2.45, 2.75) is 212 Å². The second-order valence-electron chi connectivity index (χ2n) is 13.7. The van der Waals surface area contributed by atoms with Crippen molar-refractivity contribution in [2.24, 2.45) is 0 Å². The maximum absolute atomic E-state index is 12.3. The molecule has 0 radical (unpaired) electrons. The first kappa shape index (κ1) is 45.3. The molecule has 0 rings (SSSR count). The van der Waals surface area contributed by atoms with Crippen molar-refractivity contribution in [1.29, 1.82) is 0 Å². The predicted molar refractivity (Wildman–Crippen MR) is 207 cm³/mol. The largest absolute Gasteiger partial charge is 0.394 e. The topological polar surface area (TPSA) is 69.6 Å². The summed E-state index contributed by atoms with van der Waals surface area (Å²) in [6, 6.07) is -0.643. The summed E-state index contributed by atoms with van der Waals surface area (Å²) in [6.45, 7) is 4.06. The van der Waals surface area contributed by atoms with E-state index in [0.29, 0.717) is 6.42 Å². The molecule has 3 N–H and O–H groups in total. The van der Waals surface area contributed by atoms with Crippen LogP contribution in [-0.4, -0.2) is 34.9 Å². The maximum atomic E-state index is 12.3. The van der Waals surface area contributed by atoms with Gasteiger partial charge >= 0.3 is 0 Å². The van der Waals surface area contributed by atoms with Crippen molar-refractivity contribution in [2.75, 3.05) is 6.61 Å². The van der Waals surface area contributed by atoms with E-state index in [1.54, 1.807) is 6.08 Å². The first-order valence-electron chi connectivity index (χ1n) is 20.3. The molecule has 0 saturated carbocycles. The molecule has 0 saturated heterocycles. The van der Waals surface area contributed by atoms with Crippen LogP contribution in [0.2, 0.25) is 0 Å². The van der Waals surface area contributed by atoms with Gasteiger partial charge in [-0.05, 0) is 64.7 Å².